The van der Waals surface area contributed by atoms with Gasteiger partial charge in [0.2, 0.25) is 0 Å². The molecule has 0 aliphatic rings. The van der Waals surface area contributed by atoms with Crippen molar-refractivity contribution in [1.29, 1.82) is 0 Å². The maximum absolute atomic E-state index is 8.14. The summed E-state index contributed by atoms with van der Waals surface area (Å²) in [7, 11) is 0. The zero-order valence-electron chi connectivity index (χ0n) is 14.4. The van der Waals surface area contributed by atoms with Crippen LogP contribution in [-0.4, -0.2) is 85.4 Å². The minimum atomic E-state index is -0.659. The SMILES string of the molecule is CCOCCOCCOCCOCCOCCOCC(N)N=[N+]=[N-]. The van der Waals surface area contributed by atoms with Gasteiger partial charge in [-0.15, -0.1) is 0 Å². The molecule has 0 bridgehead atoms. The van der Waals surface area contributed by atoms with E-state index in [0.29, 0.717) is 72.7 Å². The Bertz CT molecular complexity index is 305. The Morgan fingerprint density at radius 2 is 1.12 bits per heavy atom. The fraction of sp³-hybridized carbons (Fsp3) is 1.00. The van der Waals surface area contributed by atoms with Crippen LogP contribution in [0.3, 0.4) is 0 Å². The first-order chi connectivity index (χ1) is 11.8. The van der Waals surface area contributed by atoms with E-state index in [1.807, 2.05) is 6.92 Å². The molecule has 0 aromatic carbocycles. The fourth-order valence-corrected chi connectivity index (χ4v) is 1.45. The summed E-state index contributed by atoms with van der Waals surface area (Å²) in [6.07, 6.45) is -0.659. The molecule has 142 valence electrons. The number of ether oxygens (including phenoxy) is 6. The van der Waals surface area contributed by atoms with E-state index in [4.69, 9.17) is 39.7 Å². The first-order valence-electron chi connectivity index (χ1n) is 8.07. The van der Waals surface area contributed by atoms with Crippen LogP contribution in [0.25, 0.3) is 10.4 Å². The van der Waals surface area contributed by atoms with Crippen molar-refractivity contribution in [2.24, 2.45) is 10.8 Å². The third-order valence-electron chi connectivity index (χ3n) is 2.55. The van der Waals surface area contributed by atoms with Gasteiger partial charge in [-0.1, -0.05) is 5.11 Å². The van der Waals surface area contributed by atoms with Gasteiger partial charge < -0.3 is 34.2 Å². The van der Waals surface area contributed by atoms with E-state index >= 15 is 0 Å². The maximum Gasteiger partial charge on any atom is 0.107 e. The molecule has 0 radical (unpaired) electrons. The van der Waals surface area contributed by atoms with Crippen LogP contribution in [0.4, 0.5) is 0 Å². The van der Waals surface area contributed by atoms with Crippen LogP contribution in [-0.2, 0) is 28.4 Å². The highest BCUT2D eigenvalue weighted by atomic mass is 16.6. The molecule has 0 saturated heterocycles. The van der Waals surface area contributed by atoms with Crippen molar-refractivity contribution in [1.82, 2.24) is 0 Å². The van der Waals surface area contributed by atoms with Crippen LogP contribution in [0.15, 0.2) is 5.11 Å². The van der Waals surface area contributed by atoms with Gasteiger partial charge in [0.05, 0.1) is 72.7 Å². The lowest BCUT2D eigenvalue weighted by molar-refractivity contribution is -0.0166. The fourth-order valence-electron chi connectivity index (χ4n) is 1.45. The van der Waals surface area contributed by atoms with E-state index in [-0.39, 0.29) is 6.61 Å². The second kappa shape index (κ2) is 20.1. The molecular formula is C14H30N4O6. The van der Waals surface area contributed by atoms with Crippen LogP contribution in [0.5, 0.6) is 0 Å². The molecule has 0 fully saturated rings. The molecule has 2 N–H and O–H groups in total. The lowest BCUT2D eigenvalue weighted by Crippen LogP contribution is -2.24. The maximum atomic E-state index is 8.14. The Labute approximate surface area is 143 Å². The molecule has 0 aromatic heterocycles. The van der Waals surface area contributed by atoms with E-state index in [1.54, 1.807) is 0 Å². The largest absolute Gasteiger partial charge is 0.379 e. The highest BCUT2D eigenvalue weighted by Gasteiger charge is 1.98. The van der Waals surface area contributed by atoms with Gasteiger partial charge >= 0.3 is 0 Å². The number of nitrogens with two attached hydrogens (primary N) is 1. The predicted molar refractivity (Wildman–Crippen MR) is 87.7 cm³/mol. The molecule has 0 aliphatic carbocycles. The van der Waals surface area contributed by atoms with E-state index in [2.05, 4.69) is 10.0 Å². The molecule has 0 spiro atoms. The van der Waals surface area contributed by atoms with Crippen LogP contribution in [0.2, 0.25) is 0 Å². The van der Waals surface area contributed by atoms with Gasteiger partial charge in [-0.25, -0.2) is 0 Å². The molecule has 0 aromatic rings. The van der Waals surface area contributed by atoms with E-state index in [1.165, 1.54) is 0 Å². The summed E-state index contributed by atoms with van der Waals surface area (Å²) in [5, 5.41) is 3.28. The molecule has 0 heterocycles. The van der Waals surface area contributed by atoms with Crippen molar-refractivity contribution in [2.45, 2.75) is 13.1 Å². The van der Waals surface area contributed by atoms with Gasteiger partial charge in [-0.3, -0.25) is 0 Å². The van der Waals surface area contributed by atoms with E-state index < -0.39 is 6.17 Å². The Morgan fingerprint density at radius 1 is 0.750 bits per heavy atom. The highest BCUT2D eigenvalue weighted by Crippen LogP contribution is 1.87. The smallest absolute Gasteiger partial charge is 0.107 e. The second-order valence-corrected chi connectivity index (χ2v) is 4.49. The van der Waals surface area contributed by atoms with Crippen molar-refractivity contribution in [2.75, 3.05) is 79.3 Å². The molecule has 10 nitrogen and oxygen atoms in total. The lowest BCUT2D eigenvalue weighted by Gasteiger charge is -2.08. The summed E-state index contributed by atoms with van der Waals surface area (Å²) >= 11 is 0. The molecule has 0 rings (SSSR count). The Balaban J connectivity index is 3.04. The Kier molecular flexibility index (Phi) is 19.3. The number of rotatable bonds is 19. The standard InChI is InChI=1S/C14H30N4O6/c1-2-19-3-4-20-5-6-21-7-8-22-9-10-23-11-12-24-13-14(15)17-18-16/h14H,2-13,15H2,1H3. The van der Waals surface area contributed by atoms with E-state index in [0.717, 1.165) is 0 Å². The number of azide groups is 1. The zero-order valence-corrected chi connectivity index (χ0v) is 14.4. The molecule has 24 heavy (non-hydrogen) atoms. The third kappa shape index (κ3) is 19.1. The summed E-state index contributed by atoms with van der Waals surface area (Å²) in [4.78, 5) is 2.58. The van der Waals surface area contributed by atoms with Gasteiger partial charge in [-0.2, -0.15) is 0 Å². The van der Waals surface area contributed by atoms with Crippen molar-refractivity contribution in [3.63, 3.8) is 0 Å². The molecule has 0 saturated carbocycles. The number of hydrogen-bond donors (Lipinski definition) is 1. The number of hydrogen-bond acceptors (Lipinski definition) is 8. The lowest BCUT2D eigenvalue weighted by atomic mass is 10.6. The molecule has 0 amide bonds. The number of nitrogens with zero attached hydrogens (tertiary/aromatic N) is 3. The van der Waals surface area contributed by atoms with Crippen LogP contribution in [0.1, 0.15) is 6.92 Å². The van der Waals surface area contributed by atoms with Gasteiger partial charge in [0.1, 0.15) is 6.17 Å². The molecule has 1 atom stereocenters. The van der Waals surface area contributed by atoms with Crippen molar-refractivity contribution >= 4 is 0 Å². The normalized spacial score (nSPS) is 12.1. The zero-order chi connectivity index (χ0) is 17.7. The second-order valence-electron chi connectivity index (χ2n) is 4.49. The summed E-state index contributed by atoms with van der Waals surface area (Å²) in [5.74, 6) is 0. The average molecular weight is 350 g/mol. The molecule has 0 aliphatic heterocycles. The minimum absolute atomic E-state index is 0.177. The Hall–Kier alpha value is -0.970. The summed E-state index contributed by atoms with van der Waals surface area (Å²) in [6, 6.07) is 0. The molecule has 1 unspecified atom stereocenters. The summed E-state index contributed by atoms with van der Waals surface area (Å²) < 4.78 is 31.6. The monoisotopic (exact) mass is 350 g/mol. The van der Waals surface area contributed by atoms with Gasteiger partial charge in [-0.05, 0) is 12.5 Å². The van der Waals surface area contributed by atoms with Gasteiger partial charge in [0.15, 0.2) is 0 Å². The highest BCUT2D eigenvalue weighted by molar-refractivity contribution is 4.56. The van der Waals surface area contributed by atoms with Crippen LogP contribution < -0.4 is 5.73 Å². The average Bonchev–Trinajstić information content (AvgIpc) is 2.58. The minimum Gasteiger partial charge on any atom is -0.379 e. The Morgan fingerprint density at radius 3 is 1.50 bits per heavy atom. The van der Waals surface area contributed by atoms with Crippen LogP contribution >= 0.6 is 0 Å². The van der Waals surface area contributed by atoms with Crippen molar-refractivity contribution in [3.05, 3.63) is 10.4 Å². The summed E-state index contributed by atoms with van der Waals surface area (Å²) in [6.45, 7) is 7.97. The molecule has 10 heteroatoms. The first kappa shape index (κ1) is 23.0. The third-order valence-corrected chi connectivity index (χ3v) is 2.55. The predicted octanol–water partition coefficient (Wildman–Crippen LogP) is 0.701. The van der Waals surface area contributed by atoms with Crippen molar-refractivity contribution in [3.8, 4) is 0 Å². The van der Waals surface area contributed by atoms with Crippen molar-refractivity contribution < 1.29 is 28.4 Å². The first-order valence-corrected chi connectivity index (χ1v) is 8.07. The topological polar surface area (TPSA) is 130 Å². The summed E-state index contributed by atoms with van der Waals surface area (Å²) in [5.41, 5.74) is 13.6. The molecular weight excluding hydrogens is 320 g/mol. The van der Waals surface area contributed by atoms with E-state index in [9.17, 15) is 0 Å². The van der Waals surface area contributed by atoms with Gasteiger partial charge in [0.25, 0.3) is 0 Å². The van der Waals surface area contributed by atoms with Crippen LogP contribution in [0, 0.1) is 0 Å². The quantitative estimate of drug-likeness (QED) is 0.157. The van der Waals surface area contributed by atoms with Gasteiger partial charge in [0, 0.05) is 11.5 Å².